The summed E-state index contributed by atoms with van der Waals surface area (Å²) < 4.78 is 0. The van der Waals surface area contributed by atoms with Crippen molar-refractivity contribution in [1.82, 2.24) is 0 Å². The molecule has 2 heteroatoms. The molecule has 2 aromatic rings. The van der Waals surface area contributed by atoms with E-state index in [-0.39, 0.29) is 0 Å². The van der Waals surface area contributed by atoms with Gasteiger partial charge in [0.15, 0.2) is 0 Å². The number of aliphatic hydroxyl groups excluding tert-OH is 1. The van der Waals surface area contributed by atoms with Gasteiger partial charge >= 0.3 is 0 Å². The second kappa shape index (κ2) is 5.90. The summed E-state index contributed by atoms with van der Waals surface area (Å²) >= 11 is 0. The maximum Gasteiger partial charge on any atom is 0.102 e. The molecule has 0 saturated carbocycles. The van der Waals surface area contributed by atoms with Crippen LogP contribution >= 0.6 is 0 Å². The minimum absolute atomic E-state index is 0.544. The Morgan fingerprint density at radius 3 is 2.05 bits per heavy atom. The van der Waals surface area contributed by atoms with Crippen molar-refractivity contribution in [1.29, 1.82) is 5.26 Å². The predicted molar refractivity (Wildman–Crippen MR) is 80.4 cm³/mol. The first kappa shape index (κ1) is 14.3. The van der Waals surface area contributed by atoms with Crippen molar-refractivity contribution < 1.29 is 5.11 Å². The molecule has 0 unspecified atom stereocenters. The van der Waals surface area contributed by atoms with Crippen LogP contribution in [-0.2, 0) is 0 Å². The van der Waals surface area contributed by atoms with Gasteiger partial charge in [0.2, 0.25) is 0 Å². The zero-order chi connectivity index (χ0) is 14.7. The van der Waals surface area contributed by atoms with E-state index in [0.29, 0.717) is 0 Å². The van der Waals surface area contributed by atoms with E-state index in [9.17, 15) is 10.4 Å². The predicted octanol–water partition coefficient (Wildman–Crippen LogP) is 3.95. The molecule has 0 aliphatic rings. The highest BCUT2D eigenvalue weighted by Crippen LogP contribution is 2.34. The third-order valence-corrected chi connectivity index (χ3v) is 3.64. The number of aliphatic hydroxyl groups is 1. The van der Waals surface area contributed by atoms with Crippen LogP contribution in [0, 0.1) is 32.1 Å². The number of aryl methyl sites for hydroxylation is 3. The van der Waals surface area contributed by atoms with Gasteiger partial charge in [-0.05, 0) is 43.0 Å². The summed E-state index contributed by atoms with van der Waals surface area (Å²) in [5.74, 6) is -0.544. The molecule has 2 atom stereocenters. The van der Waals surface area contributed by atoms with Crippen LogP contribution in [0.5, 0.6) is 0 Å². The fourth-order valence-electron chi connectivity index (χ4n) is 2.82. The van der Waals surface area contributed by atoms with Gasteiger partial charge in [0.05, 0.1) is 12.2 Å². The normalized spacial score (nSPS) is 13.6. The monoisotopic (exact) mass is 265 g/mol. The second-order valence-corrected chi connectivity index (χ2v) is 5.27. The van der Waals surface area contributed by atoms with Crippen LogP contribution in [-0.4, -0.2) is 5.11 Å². The van der Waals surface area contributed by atoms with Crippen molar-refractivity contribution in [2.24, 2.45) is 0 Å². The Bertz CT molecular complexity index is 617. The summed E-state index contributed by atoms with van der Waals surface area (Å²) in [6.45, 7) is 6.04. The molecular formula is C18H19NO. The van der Waals surface area contributed by atoms with Crippen LogP contribution in [0.15, 0.2) is 42.5 Å². The van der Waals surface area contributed by atoms with Crippen molar-refractivity contribution in [2.75, 3.05) is 0 Å². The summed E-state index contributed by atoms with van der Waals surface area (Å²) in [5.41, 5.74) is 5.01. The van der Waals surface area contributed by atoms with Crippen molar-refractivity contribution in [3.63, 3.8) is 0 Å². The van der Waals surface area contributed by atoms with Crippen LogP contribution < -0.4 is 0 Å². The first-order chi connectivity index (χ1) is 9.54. The summed E-state index contributed by atoms with van der Waals surface area (Å²) in [6, 6.07) is 15.8. The Morgan fingerprint density at radius 2 is 1.55 bits per heavy atom. The Kier molecular flexibility index (Phi) is 4.22. The number of hydrogen-bond donors (Lipinski definition) is 1. The van der Waals surface area contributed by atoms with Crippen LogP contribution in [0.25, 0.3) is 0 Å². The Morgan fingerprint density at radius 1 is 1.00 bits per heavy atom. The van der Waals surface area contributed by atoms with Crippen LogP contribution in [0.4, 0.5) is 0 Å². The lowest BCUT2D eigenvalue weighted by molar-refractivity contribution is 0.163. The summed E-state index contributed by atoms with van der Waals surface area (Å²) in [6.07, 6.45) is -0.804. The van der Waals surface area contributed by atoms with Gasteiger partial charge in [-0.1, -0.05) is 48.0 Å². The zero-order valence-electron chi connectivity index (χ0n) is 12.1. The average Bonchev–Trinajstić information content (AvgIpc) is 2.43. The third kappa shape index (κ3) is 2.74. The van der Waals surface area contributed by atoms with Gasteiger partial charge in [-0.3, -0.25) is 0 Å². The van der Waals surface area contributed by atoms with E-state index in [2.05, 4.69) is 18.2 Å². The maximum absolute atomic E-state index is 10.5. The molecule has 2 rings (SSSR count). The zero-order valence-corrected chi connectivity index (χ0v) is 12.1. The van der Waals surface area contributed by atoms with Crippen LogP contribution in [0.1, 0.15) is 39.8 Å². The van der Waals surface area contributed by atoms with Crippen LogP contribution in [0.2, 0.25) is 0 Å². The standard InChI is InChI=1S/C18H19NO/c1-12-9-13(2)17(14(3)10-12)16(11-19)18(20)15-7-5-4-6-8-15/h4-10,16,18,20H,1-3H3/t16-,18+/m0/s1. The van der Waals surface area contributed by atoms with Crippen molar-refractivity contribution in [3.8, 4) is 6.07 Å². The molecule has 2 aromatic carbocycles. The molecule has 102 valence electrons. The average molecular weight is 265 g/mol. The third-order valence-electron chi connectivity index (χ3n) is 3.64. The number of hydrogen-bond acceptors (Lipinski definition) is 2. The molecule has 0 amide bonds. The van der Waals surface area contributed by atoms with E-state index in [4.69, 9.17) is 0 Å². The first-order valence-electron chi connectivity index (χ1n) is 6.75. The van der Waals surface area contributed by atoms with Gasteiger partial charge in [-0.2, -0.15) is 5.26 Å². The van der Waals surface area contributed by atoms with Gasteiger partial charge in [0.25, 0.3) is 0 Å². The number of rotatable bonds is 3. The molecule has 0 fully saturated rings. The molecule has 0 spiro atoms. The molecule has 0 aliphatic carbocycles. The SMILES string of the molecule is Cc1cc(C)c([C@H](C#N)[C@H](O)c2ccccc2)c(C)c1. The lowest BCUT2D eigenvalue weighted by Gasteiger charge is -2.21. The fraction of sp³-hybridized carbons (Fsp3) is 0.278. The summed E-state index contributed by atoms with van der Waals surface area (Å²) in [5, 5.41) is 20.0. The number of nitriles is 1. The summed E-state index contributed by atoms with van der Waals surface area (Å²) in [7, 11) is 0. The molecule has 0 heterocycles. The molecule has 0 aliphatic heterocycles. The molecule has 0 aromatic heterocycles. The quantitative estimate of drug-likeness (QED) is 0.913. The Hall–Kier alpha value is -2.11. The molecular weight excluding hydrogens is 246 g/mol. The van der Waals surface area contributed by atoms with Crippen molar-refractivity contribution in [3.05, 3.63) is 70.3 Å². The van der Waals surface area contributed by atoms with E-state index in [1.54, 1.807) is 0 Å². The minimum Gasteiger partial charge on any atom is -0.387 e. The summed E-state index contributed by atoms with van der Waals surface area (Å²) in [4.78, 5) is 0. The second-order valence-electron chi connectivity index (χ2n) is 5.27. The van der Waals surface area contributed by atoms with Gasteiger partial charge in [-0.25, -0.2) is 0 Å². The Balaban J connectivity index is 2.47. The minimum atomic E-state index is -0.804. The van der Waals surface area contributed by atoms with E-state index in [1.807, 2.05) is 51.1 Å². The van der Waals surface area contributed by atoms with E-state index in [0.717, 1.165) is 22.3 Å². The van der Waals surface area contributed by atoms with Gasteiger partial charge in [-0.15, -0.1) is 0 Å². The van der Waals surface area contributed by atoms with E-state index in [1.165, 1.54) is 5.56 Å². The molecule has 0 bridgehead atoms. The van der Waals surface area contributed by atoms with Crippen LogP contribution in [0.3, 0.4) is 0 Å². The lowest BCUT2D eigenvalue weighted by atomic mass is 9.84. The van der Waals surface area contributed by atoms with Gasteiger partial charge in [0.1, 0.15) is 5.92 Å². The lowest BCUT2D eigenvalue weighted by Crippen LogP contribution is -2.12. The Labute approximate surface area is 120 Å². The molecule has 2 nitrogen and oxygen atoms in total. The number of benzene rings is 2. The van der Waals surface area contributed by atoms with Gasteiger partial charge < -0.3 is 5.11 Å². The largest absolute Gasteiger partial charge is 0.387 e. The highest BCUT2D eigenvalue weighted by Gasteiger charge is 2.25. The van der Waals surface area contributed by atoms with E-state index >= 15 is 0 Å². The molecule has 0 radical (unpaired) electrons. The smallest absolute Gasteiger partial charge is 0.102 e. The number of nitrogens with zero attached hydrogens (tertiary/aromatic N) is 1. The highest BCUT2D eigenvalue weighted by molar-refractivity contribution is 5.44. The highest BCUT2D eigenvalue weighted by atomic mass is 16.3. The van der Waals surface area contributed by atoms with Crippen molar-refractivity contribution >= 4 is 0 Å². The fourth-order valence-corrected chi connectivity index (χ4v) is 2.82. The molecule has 0 saturated heterocycles. The van der Waals surface area contributed by atoms with Gasteiger partial charge in [0, 0.05) is 0 Å². The topological polar surface area (TPSA) is 44.0 Å². The first-order valence-corrected chi connectivity index (χ1v) is 6.75. The molecule has 1 N–H and O–H groups in total. The maximum atomic E-state index is 10.5. The van der Waals surface area contributed by atoms with E-state index < -0.39 is 12.0 Å². The molecule has 20 heavy (non-hydrogen) atoms. The van der Waals surface area contributed by atoms with Crippen molar-refractivity contribution in [2.45, 2.75) is 32.8 Å².